The van der Waals surface area contributed by atoms with Crippen molar-refractivity contribution in [3.8, 4) is 0 Å². The van der Waals surface area contributed by atoms with Crippen molar-refractivity contribution in [2.75, 3.05) is 32.4 Å². The quantitative estimate of drug-likeness (QED) is 0.153. The van der Waals surface area contributed by atoms with Crippen LogP contribution in [0.15, 0.2) is 38.6 Å². The lowest BCUT2D eigenvalue weighted by Crippen LogP contribution is -2.49. The molecule has 1 saturated heterocycles. The van der Waals surface area contributed by atoms with Crippen LogP contribution in [0.3, 0.4) is 0 Å². The van der Waals surface area contributed by atoms with Gasteiger partial charge < -0.3 is 15.5 Å². The number of thioether (sulfide) groups is 1. The minimum atomic E-state index is 0. The summed E-state index contributed by atoms with van der Waals surface area (Å²) in [5.41, 5.74) is 0. The maximum Gasteiger partial charge on any atom is 0.191 e. The van der Waals surface area contributed by atoms with Crippen molar-refractivity contribution in [1.82, 2.24) is 15.5 Å². The molecule has 0 radical (unpaired) electrons. The first-order valence-corrected chi connectivity index (χ1v) is 11.5. The minimum absolute atomic E-state index is 0. The highest BCUT2D eigenvalue weighted by atomic mass is 127. The molecule has 1 heterocycles. The highest BCUT2D eigenvalue weighted by Crippen LogP contribution is 2.27. The molecule has 0 aliphatic carbocycles. The third-order valence-corrected chi connectivity index (χ3v) is 6.90. The van der Waals surface area contributed by atoms with Crippen LogP contribution in [0.1, 0.15) is 39.5 Å². The molecule has 0 bridgehead atoms. The molecule has 0 atom stereocenters. The van der Waals surface area contributed by atoms with Crippen molar-refractivity contribution in [3.05, 3.63) is 28.7 Å². The molecule has 1 aliphatic rings. The van der Waals surface area contributed by atoms with Crippen LogP contribution in [-0.2, 0) is 0 Å². The van der Waals surface area contributed by atoms with Crippen LogP contribution < -0.4 is 10.6 Å². The summed E-state index contributed by atoms with van der Waals surface area (Å²) in [4.78, 5) is 8.26. The Morgan fingerprint density at radius 1 is 1.26 bits per heavy atom. The maximum absolute atomic E-state index is 4.38. The van der Waals surface area contributed by atoms with E-state index in [-0.39, 0.29) is 24.0 Å². The summed E-state index contributed by atoms with van der Waals surface area (Å²) in [6.07, 6.45) is 4.75. The molecule has 0 amide bonds. The maximum atomic E-state index is 4.38. The standard InChI is InChI=1S/C20H33BrN4S.HI/c1-16(2)25-13-10-17(11-14-25)24-20(22-3)23-12-6-7-15-26-19-9-5-4-8-18(19)21;/h4-5,8-9,16-17H,6-7,10-15H2,1-3H3,(H2,22,23,24);1H. The molecule has 1 aromatic rings. The number of nitrogens with zero attached hydrogens (tertiary/aromatic N) is 2. The normalized spacial score (nSPS) is 16.3. The number of benzene rings is 1. The van der Waals surface area contributed by atoms with Crippen LogP contribution in [0.5, 0.6) is 0 Å². The number of nitrogens with one attached hydrogen (secondary N) is 2. The Morgan fingerprint density at radius 2 is 1.96 bits per heavy atom. The lowest BCUT2D eigenvalue weighted by Gasteiger charge is -2.35. The molecule has 1 aromatic carbocycles. The molecule has 27 heavy (non-hydrogen) atoms. The van der Waals surface area contributed by atoms with Gasteiger partial charge >= 0.3 is 0 Å². The van der Waals surface area contributed by atoms with E-state index in [1.165, 1.54) is 41.7 Å². The Balaban J connectivity index is 0.00000364. The highest BCUT2D eigenvalue weighted by molar-refractivity contribution is 14.0. The van der Waals surface area contributed by atoms with Gasteiger partial charge in [0.15, 0.2) is 5.96 Å². The Kier molecular flexibility index (Phi) is 13.0. The van der Waals surface area contributed by atoms with Gasteiger partial charge in [0.2, 0.25) is 0 Å². The molecule has 1 fully saturated rings. The van der Waals surface area contributed by atoms with E-state index in [1.54, 1.807) is 0 Å². The summed E-state index contributed by atoms with van der Waals surface area (Å²) in [7, 11) is 1.86. The van der Waals surface area contributed by atoms with Gasteiger partial charge in [-0.3, -0.25) is 4.99 Å². The van der Waals surface area contributed by atoms with E-state index in [0.717, 1.165) is 24.7 Å². The third-order valence-electron chi connectivity index (χ3n) is 4.78. The van der Waals surface area contributed by atoms with Gasteiger partial charge in [0.1, 0.15) is 0 Å². The molecule has 7 heteroatoms. The second-order valence-electron chi connectivity index (χ2n) is 7.03. The van der Waals surface area contributed by atoms with Crippen molar-refractivity contribution < 1.29 is 0 Å². The predicted octanol–water partition coefficient (Wildman–Crippen LogP) is 4.98. The van der Waals surface area contributed by atoms with E-state index in [2.05, 4.69) is 74.6 Å². The Hall–Kier alpha value is 0.01000. The van der Waals surface area contributed by atoms with Gasteiger partial charge in [-0.1, -0.05) is 12.1 Å². The number of likely N-dealkylation sites (tertiary alicyclic amines) is 1. The molecule has 0 unspecified atom stereocenters. The zero-order valence-electron chi connectivity index (χ0n) is 16.7. The average Bonchev–Trinajstić information content (AvgIpc) is 2.65. The van der Waals surface area contributed by atoms with Gasteiger partial charge in [0.25, 0.3) is 0 Å². The van der Waals surface area contributed by atoms with Crippen LogP contribution in [0.25, 0.3) is 0 Å². The number of rotatable bonds is 8. The number of hydrogen-bond acceptors (Lipinski definition) is 3. The predicted molar refractivity (Wildman–Crippen MR) is 134 cm³/mol. The summed E-state index contributed by atoms with van der Waals surface area (Å²) in [5.74, 6) is 2.09. The fourth-order valence-electron chi connectivity index (χ4n) is 3.13. The number of unbranched alkanes of at least 4 members (excludes halogenated alkanes) is 1. The van der Waals surface area contributed by atoms with Gasteiger partial charge in [0.05, 0.1) is 0 Å². The van der Waals surface area contributed by atoms with Crippen molar-refractivity contribution in [2.45, 2.75) is 56.5 Å². The number of hydrogen-bond donors (Lipinski definition) is 2. The monoisotopic (exact) mass is 568 g/mol. The molecule has 0 spiro atoms. The van der Waals surface area contributed by atoms with Crippen LogP contribution in [0.2, 0.25) is 0 Å². The lowest BCUT2D eigenvalue weighted by atomic mass is 10.0. The first-order chi connectivity index (χ1) is 12.6. The van der Waals surface area contributed by atoms with Crippen LogP contribution in [0.4, 0.5) is 0 Å². The molecule has 2 N–H and O–H groups in total. The molecule has 1 aliphatic heterocycles. The van der Waals surface area contributed by atoms with E-state index in [9.17, 15) is 0 Å². The first-order valence-electron chi connectivity index (χ1n) is 9.68. The fourth-order valence-corrected chi connectivity index (χ4v) is 4.70. The van der Waals surface area contributed by atoms with Gasteiger partial charge in [-0.05, 0) is 73.3 Å². The van der Waals surface area contributed by atoms with Crippen LogP contribution in [0, 0.1) is 0 Å². The van der Waals surface area contributed by atoms with E-state index < -0.39 is 0 Å². The number of piperidine rings is 1. The first kappa shape index (κ1) is 25.0. The molecular formula is C20H34BrIN4S. The van der Waals surface area contributed by atoms with Crippen molar-refractivity contribution >= 4 is 57.6 Å². The third kappa shape index (κ3) is 9.37. The van der Waals surface area contributed by atoms with Crippen molar-refractivity contribution in [2.24, 2.45) is 4.99 Å². The Bertz CT molecular complexity index is 563. The van der Waals surface area contributed by atoms with E-state index in [1.807, 2.05) is 18.8 Å². The fraction of sp³-hybridized carbons (Fsp3) is 0.650. The van der Waals surface area contributed by atoms with Gasteiger partial charge in [0, 0.05) is 48.1 Å². The molecule has 2 rings (SSSR count). The summed E-state index contributed by atoms with van der Waals surface area (Å²) >= 11 is 5.52. The highest BCUT2D eigenvalue weighted by Gasteiger charge is 2.21. The SMILES string of the molecule is CN=C(NCCCCSc1ccccc1Br)NC1CCN(C(C)C)CC1.I. The van der Waals surface area contributed by atoms with E-state index in [4.69, 9.17) is 0 Å². The van der Waals surface area contributed by atoms with E-state index >= 15 is 0 Å². The van der Waals surface area contributed by atoms with Gasteiger partial charge in [-0.15, -0.1) is 35.7 Å². The van der Waals surface area contributed by atoms with Crippen molar-refractivity contribution in [3.63, 3.8) is 0 Å². The van der Waals surface area contributed by atoms with Crippen LogP contribution >= 0.6 is 51.7 Å². The van der Waals surface area contributed by atoms with Gasteiger partial charge in [-0.25, -0.2) is 0 Å². The largest absolute Gasteiger partial charge is 0.356 e. The summed E-state index contributed by atoms with van der Waals surface area (Å²) in [5, 5.41) is 7.06. The summed E-state index contributed by atoms with van der Waals surface area (Å²) in [6, 6.07) is 9.62. The zero-order valence-corrected chi connectivity index (χ0v) is 21.4. The topological polar surface area (TPSA) is 39.7 Å². The van der Waals surface area contributed by atoms with Crippen LogP contribution in [-0.4, -0.2) is 55.4 Å². The molecule has 0 saturated carbocycles. The summed E-state index contributed by atoms with van der Waals surface area (Å²) in [6.45, 7) is 7.89. The van der Waals surface area contributed by atoms with E-state index in [0.29, 0.717) is 12.1 Å². The van der Waals surface area contributed by atoms with Crippen molar-refractivity contribution in [1.29, 1.82) is 0 Å². The Morgan fingerprint density at radius 3 is 2.59 bits per heavy atom. The number of halogens is 2. The molecule has 4 nitrogen and oxygen atoms in total. The van der Waals surface area contributed by atoms with Gasteiger partial charge in [-0.2, -0.15) is 0 Å². The lowest BCUT2D eigenvalue weighted by molar-refractivity contribution is 0.167. The summed E-state index contributed by atoms with van der Waals surface area (Å²) < 4.78 is 1.19. The molecule has 0 aromatic heterocycles. The Labute approximate surface area is 194 Å². The molecule has 154 valence electrons. The second-order valence-corrected chi connectivity index (χ2v) is 9.02. The number of guanidine groups is 1. The number of aliphatic imine (C=N–C) groups is 1. The average molecular weight is 569 g/mol. The zero-order chi connectivity index (χ0) is 18.8. The second kappa shape index (κ2) is 14.1. The molecular weight excluding hydrogens is 535 g/mol. The smallest absolute Gasteiger partial charge is 0.191 e. The minimum Gasteiger partial charge on any atom is -0.356 e.